The number of carbonyl (C=O) groups excluding carboxylic acids is 1. The predicted molar refractivity (Wildman–Crippen MR) is 77.1 cm³/mol. The van der Waals surface area contributed by atoms with Crippen molar-refractivity contribution in [2.24, 2.45) is 0 Å². The van der Waals surface area contributed by atoms with E-state index < -0.39 is 0 Å². The second kappa shape index (κ2) is 4.91. The molecule has 3 rings (SSSR count). The molecule has 102 valence electrons. The summed E-state index contributed by atoms with van der Waals surface area (Å²) in [4.78, 5) is 14.8. The van der Waals surface area contributed by atoms with Crippen LogP contribution in [0.1, 0.15) is 41.6 Å². The number of hydrogen-bond acceptors (Lipinski definition) is 2. The lowest BCUT2D eigenvalue weighted by Gasteiger charge is -2.37. The van der Waals surface area contributed by atoms with Crippen molar-refractivity contribution in [2.45, 2.75) is 50.8 Å². The molecule has 0 radical (unpaired) electrons. The molecule has 0 spiro atoms. The molecule has 2 bridgehead atoms. The molecule has 1 aromatic carbocycles. The monoisotopic (exact) mass is 323 g/mol. The van der Waals surface area contributed by atoms with Gasteiger partial charge in [0.2, 0.25) is 0 Å². The normalized spacial score (nSPS) is 29.6. The Morgan fingerprint density at radius 2 is 1.95 bits per heavy atom. The molecule has 1 N–H and O–H groups in total. The number of halogens is 1. The van der Waals surface area contributed by atoms with E-state index >= 15 is 0 Å². The number of piperidine rings is 1. The lowest BCUT2D eigenvalue weighted by Crippen LogP contribution is -2.48. The van der Waals surface area contributed by atoms with E-state index in [1.807, 2.05) is 30.0 Å². The van der Waals surface area contributed by atoms with E-state index in [1.165, 1.54) is 0 Å². The quantitative estimate of drug-likeness (QED) is 0.863. The molecule has 19 heavy (non-hydrogen) atoms. The van der Waals surface area contributed by atoms with E-state index in [9.17, 15) is 9.90 Å². The van der Waals surface area contributed by atoms with Gasteiger partial charge in [-0.3, -0.25) is 4.79 Å². The second-order valence-corrected chi connectivity index (χ2v) is 6.60. The SMILES string of the molecule is Cc1ccc(Br)cc1C(=O)N1C2CCC1CC(O)C2. The van der Waals surface area contributed by atoms with Gasteiger partial charge in [-0.05, 0) is 50.3 Å². The molecule has 0 saturated carbocycles. The minimum absolute atomic E-state index is 0.123. The number of aryl methyl sites for hydroxylation is 1. The predicted octanol–water partition coefficient (Wildman–Crippen LogP) is 2.89. The number of aliphatic hydroxyl groups excluding tert-OH is 1. The molecular formula is C15H18BrNO2. The third-order valence-corrected chi connectivity index (χ3v) is 4.87. The van der Waals surface area contributed by atoms with Crippen LogP contribution in [-0.2, 0) is 0 Å². The molecule has 2 unspecified atom stereocenters. The lowest BCUT2D eigenvalue weighted by molar-refractivity contribution is 0.0286. The number of nitrogens with zero attached hydrogens (tertiary/aromatic N) is 1. The molecule has 2 aliphatic rings. The van der Waals surface area contributed by atoms with Crippen molar-refractivity contribution >= 4 is 21.8 Å². The van der Waals surface area contributed by atoms with Crippen LogP contribution in [0.2, 0.25) is 0 Å². The number of hydrogen-bond donors (Lipinski definition) is 1. The first-order valence-corrected chi connectivity index (χ1v) is 7.62. The highest BCUT2D eigenvalue weighted by molar-refractivity contribution is 9.10. The summed E-state index contributed by atoms with van der Waals surface area (Å²) in [6.07, 6.45) is 3.29. The first-order chi connectivity index (χ1) is 9.06. The summed E-state index contributed by atoms with van der Waals surface area (Å²) in [6, 6.07) is 6.28. The van der Waals surface area contributed by atoms with Gasteiger partial charge in [0, 0.05) is 22.1 Å². The third-order valence-electron chi connectivity index (χ3n) is 4.37. The number of aliphatic hydroxyl groups is 1. The summed E-state index contributed by atoms with van der Waals surface area (Å²) in [6.45, 7) is 1.97. The van der Waals surface area contributed by atoms with Gasteiger partial charge in [0.1, 0.15) is 0 Å². The Morgan fingerprint density at radius 3 is 2.58 bits per heavy atom. The number of carbonyl (C=O) groups is 1. The first kappa shape index (κ1) is 13.1. The zero-order valence-electron chi connectivity index (χ0n) is 11.0. The zero-order valence-corrected chi connectivity index (χ0v) is 12.6. The van der Waals surface area contributed by atoms with Gasteiger partial charge in [-0.25, -0.2) is 0 Å². The number of fused-ring (bicyclic) bond motifs is 2. The highest BCUT2D eigenvalue weighted by atomic mass is 79.9. The molecule has 4 heteroatoms. The average Bonchev–Trinajstić information content (AvgIpc) is 2.64. The summed E-state index contributed by atoms with van der Waals surface area (Å²) < 4.78 is 0.936. The van der Waals surface area contributed by atoms with Gasteiger partial charge in [0.05, 0.1) is 6.10 Å². The highest BCUT2D eigenvalue weighted by Crippen LogP contribution is 2.37. The van der Waals surface area contributed by atoms with Crippen LogP contribution < -0.4 is 0 Å². The average molecular weight is 324 g/mol. The summed E-state index contributed by atoms with van der Waals surface area (Å²) >= 11 is 3.43. The second-order valence-electron chi connectivity index (χ2n) is 5.68. The maximum absolute atomic E-state index is 12.8. The van der Waals surface area contributed by atoms with Gasteiger partial charge >= 0.3 is 0 Å². The molecule has 2 fully saturated rings. The summed E-state index contributed by atoms with van der Waals surface area (Å²) in [7, 11) is 0. The molecule has 0 aliphatic carbocycles. The van der Waals surface area contributed by atoms with Crippen LogP contribution in [0.5, 0.6) is 0 Å². The van der Waals surface area contributed by atoms with Crippen molar-refractivity contribution in [3.05, 3.63) is 33.8 Å². The van der Waals surface area contributed by atoms with Gasteiger partial charge in [-0.15, -0.1) is 0 Å². The van der Waals surface area contributed by atoms with E-state index in [-0.39, 0.29) is 24.1 Å². The molecule has 2 saturated heterocycles. The molecule has 3 nitrogen and oxygen atoms in total. The van der Waals surface area contributed by atoms with Crippen molar-refractivity contribution in [2.75, 3.05) is 0 Å². The van der Waals surface area contributed by atoms with E-state index in [1.54, 1.807) is 0 Å². The summed E-state index contributed by atoms with van der Waals surface area (Å²) in [5, 5.41) is 9.81. The maximum Gasteiger partial charge on any atom is 0.254 e. The maximum atomic E-state index is 12.8. The first-order valence-electron chi connectivity index (χ1n) is 6.83. The van der Waals surface area contributed by atoms with Crippen molar-refractivity contribution in [1.29, 1.82) is 0 Å². The molecule has 2 heterocycles. The van der Waals surface area contributed by atoms with E-state index in [4.69, 9.17) is 0 Å². The van der Waals surface area contributed by atoms with Crippen LogP contribution >= 0.6 is 15.9 Å². The van der Waals surface area contributed by atoms with Crippen molar-refractivity contribution in [1.82, 2.24) is 4.90 Å². The van der Waals surface area contributed by atoms with Gasteiger partial charge in [-0.1, -0.05) is 22.0 Å². The Hall–Kier alpha value is -0.870. The summed E-state index contributed by atoms with van der Waals surface area (Å²) in [5.41, 5.74) is 1.79. The summed E-state index contributed by atoms with van der Waals surface area (Å²) in [5.74, 6) is 0.123. The number of benzene rings is 1. The Labute approximate surface area is 121 Å². The molecular weight excluding hydrogens is 306 g/mol. The van der Waals surface area contributed by atoms with E-state index in [2.05, 4.69) is 15.9 Å². The molecule has 1 aromatic rings. The molecule has 2 aliphatic heterocycles. The Balaban J connectivity index is 1.90. The van der Waals surface area contributed by atoms with Crippen LogP contribution in [0.25, 0.3) is 0 Å². The minimum atomic E-state index is -0.231. The molecule has 1 amide bonds. The Kier molecular flexibility index (Phi) is 3.39. The van der Waals surface area contributed by atoms with Crippen LogP contribution in [0, 0.1) is 6.92 Å². The minimum Gasteiger partial charge on any atom is -0.393 e. The van der Waals surface area contributed by atoms with Crippen LogP contribution in [0.4, 0.5) is 0 Å². The molecule has 0 aromatic heterocycles. The van der Waals surface area contributed by atoms with E-state index in [0.29, 0.717) is 0 Å². The lowest BCUT2D eigenvalue weighted by atomic mass is 9.98. The van der Waals surface area contributed by atoms with Gasteiger partial charge < -0.3 is 10.0 Å². The van der Waals surface area contributed by atoms with Crippen molar-refractivity contribution in [3.63, 3.8) is 0 Å². The van der Waals surface area contributed by atoms with Gasteiger partial charge in [0.15, 0.2) is 0 Å². The number of rotatable bonds is 1. The fourth-order valence-corrected chi connectivity index (χ4v) is 3.80. The Bertz CT molecular complexity index is 503. The van der Waals surface area contributed by atoms with Gasteiger partial charge in [-0.2, -0.15) is 0 Å². The van der Waals surface area contributed by atoms with Crippen LogP contribution in [0.15, 0.2) is 22.7 Å². The Morgan fingerprint density at radius 1 is 1.32 bits per heavy atom. The fourth-order valence-electron chi connectivity index (χ4n) is 3.44. The zero-order chi connectivity index (χ0) is 13.6. The fraction of sp³-hybridized carbons (Fsp3) is 0.533. The van der Waals surface area contributed by atoms with Gasteiger partial charge in [0.25, 0.3) is 5.91 Å². The van der Waals surface area contributed by atoms with Crippen molar-refractivity contribution in [3.8, 4) is 0 Å². The van der Waals surface area contributed by atoms with Crippen molar-refractivity contribution < 1.29 is 9.90 Å². The smallest absolute Gasteiger partial charge is 0.254 e. The highest BCUT2D eigenvalue weighted by Gasteiger charge is 2.43. The molecule has 2 atom stereocenters. The number of amides is 1. The topological polar surface area (TPSA) is 40.5 Å². The van der Waals surface area contributed by atoms with Crippen LogP contribution in [0.3, 0.4) is 0 Å². The third kappa shape index (κ3) is 2.32. The largest absolute Gasteiger partial charge is 0.393 e. The standard InChI is InChI=1S/C15H18BrNO2/c1-9-2-3-10(16)6-14(9)15(19)17-11-4-5-12(17)8-13(18)7-11/h2-3,6,11-13,18H,4-5,7-8H2,1H3. The van der Waals surface area contributed by atoms with E-state index in [0.717, 1.165) is 41.3 Å². The van der Waals surface area contributed by atoms with Crippen LogP contribution in [-0.4, -0.2) is 34.1 Å².